The van der Waals surface area contributed by atoms with Crippen LogP contribution in [0.3, 0.4) is 0 Å². The van der Waals surface area contributed by atoms with E-state index in [1.807, 2.05) is 12.3 Å². The number of methoxy groups -OCH3 is 1. The lowest BCUT2D eigenvalue weighted by Gasteiger charge is -2.19. The third kappa shape index (κ3) is 4.72. The summed E-state index contributed by atoms with van der Waals surface area (Å²) in [4.78, 5) is 32.3. The van der Waals surface area contributed by atoms with Gasteiger partial charge in [0, 0.05) is 48.6 Å². The fourth-order valence-corrected chi connectivity index (χ4v) is 4.29. The van der Waals surface area contributed by atoms with E-state index in [4.69, 9.17) is 14.2 Å². The van der Waals surface area contributed by atoms with Crippen LogP contribution in [0, 0.1) is 5.92 Å². The number of hydrogen-bond acceptors (Lipinski definition) is 8. The van der Waals surface area contributed by atoms with Gasteiger partial charge >= 0.3 is 5.97 Å². The Hall–Kier alpha value is -3.53. The van der Waals surface area contributed by atoms with E-state index < -0.39 is 0 Å². The maximum atomic E-state index is 12.1. The van der Waals surface area contributed by atoms with E-state index >= 15 is 0 Å². The summed E-state index contributed by atoms with van der Waals surface area (Å²) >= 11 is 0. The fourth-order valence-electron chi connectivity index (χ4n) is 4.29. The molecule has 3 aromatic rings. The quantitative estimate of drug-likeness (QED) is 0.504. The van der Waals surface area contributed by atoms with E-state index in [1.165, 1.54) is 6.92 Å². The summed E-state index contributed by atoms with van der Waals surface area (Å²) in [6, 6.07) is 3.68. The van der Waals surface area contributed by atoms with E-state index in [0.717, 1.165) is 48.7 Å². The second kappa shape index (κ2) is 9.38. The predicted molar refractivity (Wildman–Crippen MR) is 122 cm³/mol. The Morgan fingerprint density at radius 1 is 1.15 bits per heavy atom. The number of anilines is 1. The zero-order chi connectivity index (χ0) is 23.7. The molecule has 2 saturated carbocycles. The van der Waals surface area contributed by atoms with Gasteiger partial charge < -0.3 is 19.5 Å². The van der Waals surface area contributed by atoms with Crippen molar-refractivity contribution in [2.24, 2.45) is 5.92 Å². The van der Waals surface area contributed by atoms with E-state index in [9.17, 15) is 9.59 Å². The van der Waals surface area contributed by atoms with Crippen molar-refractivity contribution >= 4 is 23.2 Å². The molecule has 2 aliphatic rings. The van der Waals surface area contributed by atoms with E-state index in [1.54, 1.807) is 30.1 Å². The highest BCUT2D eigenvalue weighted by molar-refractivity contribution is 5.94. The molecule has 10 nitrogen and oxygen atoms in total. The second-order valence-electron chi connectivity index (χ2n) is 8.70. The minimum absolute atomic E-state index is 0.00517. The summed E-state index contributed by atoms with van der Waals surface area (Å²) in [6.45, 7) is 1.66. The minimum atomic E-state index is -0.289. The summed E-state index contributed by atoms with van der Waals surface area (Å²) < 4.78 is 18.6. The molecule has 0 saturated heterocycles. The molecule has 3 aromatic heterocycles. The zero-order valence-electron chi connectivity index (χ0n) is 19.2. The van der Waals surface area contributed by atoms with E-state index in [0.29, 0.717) is 17.4 Å². The van der Waals surface area contributed by atoms with Crippen LogP contribution in [-0.2, 0) is 25.7 Å². The number of esters is 1. The summed E-state index contributed by atoms with van der Waals surface area (Å²) in [7, 11) is 1.60. The van der Waals surface area contributed by atoms with E-state index in [2.05, 4.69) is 20.4 Å². The molecule has 0 aromatic carbocycles. The Bertz CT molecular complexity index is 1200. The van der Waals surface area contributed by atoms with Crippen LogP contribution < -0.4 is 10.1 Å². The van der Waals surface area contributed by atoms with Crippen LogP contribution in [0.2, 0.25) is 0 Å². The van der Waals surface area contributed by atoms with Crippen molar-refractivity contribution in [2.45, 2.75) is 57.8 Å². The Labute approximate surface area is 196 Å². The van der Waals surface area contributed by atoms with Crippen LogP contribution in [0.15, 0.2) is 30.7 Å². The molecule has 178 valence electrons. The molecule has 10 heteroatoms. The Kier molecular flexibility index (Phi) is 6.14. The molecular formula is C24H27N5O5. The third-order valence-corrected chi connectivity index (χ3v) is 6.15. The number of rotatable bonds is 8. The topological polar surface area (TPSA) is 117 Å². The maximum absolute atomic E-state index is 12.1. The van der Waals surface area contributed by atoms with Gasteiger partial charge in [-0.3, -0.25) is 9.59 Å². The van der Waals surface area contributed by atoms with Crippen LogP contribution >= 0.6 is 0 Å². The highest BCUT2D eigenvalue weighted by atomic mass is 16.6. The highest BCUT2D eigenvalue weighted by Crippen LogP contribution is 2.35. The van der Waals surface area contributed by atoms with Gasteiger partial charge in [0.1, 0.15) is 18.2 Å². The SMILES string of the molecule is COc1c(-c2cnc(COC3CCCC3OC(C)=O)nc2)ccn2nc(NC(=O)C3CC3)cc12. The lowest BCUT2D eigenvalue weighted by atomic mass is 10.1. The Balaban J connectivity index is 1.30. The van der Waals surface area contributed by atoms with Gasteiger partial charge in [-0.15, -0.1) is 5.10 Å². The van der Waals surface area contributed by atoms with Crippen molar-refractivity contribution in [1.82, 2.24) is 19.6 Å². The van der Waals surface area contributed by atoms with Gasteiger partial charge in [-0.05, 0) is 38.2 Å². The van der Waals surface area contributed by atoms with Crippen molar-refractivity contribution in [3.63, 3.8) is 0 Å². The van der Waals surface area contributed by atoms with Crippen LogP contribution in [0.1, 0.15) is 44.9 Å². The molecule has 2 aliphatic carbocycles. The van der Waals surface area contributed by atoms with Crippen molar-refractivity contribution in [3.8, 4) is 16.9 Å². The van der Waals surface area contributed by atoms with Crippen molar-refractivity contribution in [3.05, 3.63) is 36.5 Å². The Morgan fingerprint density at radius 2 is 1.91 bits per heavy atom. The van der Waals surface area contributed by atoms with Crippen LogP contribution in [0.25, 0.3) is 16.6 Å². The van der Waals surface area contributed by atoms with Gasteiger partial charge in [0.2, 0.25) is 5.91 Å². The van der Waals surface area contributed by atoms with Gasteiger partial charge in [-0.1, -0.05) is 0 Å². The second-order valence-corrected chi connectivity index (χ2v) is 8.70. The number of carbonyl (C=O) groups excluding carboxylic acids is 2. The first-order chi connectivity index (χ1) is 16.5. The Morgan fingerprint density at radius 3 is 2.62 bits per heavy atom. The predicted octanol–water partition coefficient (Wildman–Crippen LogP) is 3.15. The molecule has 2 fully saturated rings. The van der Waals surface area contributed by atoms with Gasteiger partial charge in [-0.25, -0.2) is 14.5 Å². The molecule has 2 atom stereocenters. The van der Waals surface area contributed by atoms with Gasteiger partial charge in [0.15, 0.2) is 17.4 Å². The molecule has 1 N–H and O–H groups in total. The molecule has 0 radical (unpaired) electrons. The molecule has 1 amide bonds. The number of carbonyl (C=O) groups is 2. The molecule has 0 aliphatic heterocycles. The molecule has 34 heavy (non-hydrogen) atoms. The van der Waals surface area contributed by atoms with Crippen LogP contribution in [0.5, 0.6) is 5.75 Å². The largest absolute Gasteiger partial charge is 0.494 e. The normalized spacial score (nSPS) is 19.8. The average molecular weight is 466 g/mol. The minimum Gasteiger partial charge on any atom is -0.494 e. The molecule has 5 rings (SSSR count). The maximum Gasteiger partial charge on any atom is 0.302 e. The summed E-state index contributed by atoms with van der Waals surface area (Å²) in [6.07, 6.45) is 9.41. The monoisotopic (exact) mass is 465 g/mol. The standard InChI is InChI=1S/C24H27N5O5/c1-14(30)34-20-5-3-4-19(20)33-13-22-25-11-16(12-26-22)17-8-9-29-18(23(17)32-2)10-21(28-29)27-24(31)15-6-7-15/h8-12,15,19-20H,3-7,13H2,1-2H3,(H,27,28,31). The summed E-state index contributed by atoms with van der Waals surface area (Å²) in [5.74, 6) is 1.47. The molecule has 0 spiro atoms. The smallest absolute Gasteiger partial charge is 0.302 e. The number of nitrogens with one attached hydrogen (secondary N) is 1. The van der Waals surface area contributed by atoms with Crippen molar-refractivity contribution in [2.75, 3.05) is 12.4 Å². The summed E-state index contributed by atoms with van der Waals surface area (Å²) in [5.41, 5.74) is 2.33. The lowest BCUT2D eigenvalue weighted by Crippen LogP contribution is -2.28. The molecule has 2 unspecified atom stereocenters. The average Bonchev–Trinajstić information content (AvgIpc) is 3.47. The number of pyridine rings is 1. The molecule has 3 heterocycles. The van der Waals surface area contributed by atoms with Crippen LogP contribution in [0.4, 0.5) is 5.82 Å². The number of amides is 1. The third-order valence-electron chi connectivity index (χ3n) is 6.15. The van der Waals surface area contributed by atoms with Gasteiger partial charge in [0.05, 0.1) is 13.2 Å². The van der Waals surface area contributed by atoms with Crippen molar-refractivity contribution in [1.29, 1.82) is 0 Å². The lowest BCUT2D eigenvalue weighted by molar-refractivity contribution is -0.153. The first-order valence-electron chi connectivity index (χ1n) is 11.5. The van der Waals surface area contributed by atoms with Gasteiger partial charge in [-0.2, -0.15) is 0 Å². The zero-order valence-corrected chi connectivity index (χ0v) is 19.2. The van der Waals surface area contributed by atoms with Crippen LogP contribution in [-0.4, -0.2) is 50.8 Å². The van der Waals surface area contributed by atoms with Crippen molar-refractivity contribution < 1.29 is 23.8 Å². The first-order valence-corrected chi connectivity index (χ1v) is 11.5. The van der Waals surface area contributed by atoms with E-state index in [-0.39, 0.29) is 36.6 Å². The summed E-state index contributed by atoms with van der Waals surface area (Å²) in [5, 5.41) is 7.30. The number of aromatic nitrogens is 4. The number of nitrogens with zero attached hydrogens (tertiary/aromatic N) is 4. The number of fused-ring (bicyclic) bond motifs is 1. The van der Waals surface area contributed by atoms with Gasteiger partial charge in [0.25, 0.3) is 0 Å². The first kappa shape index (κ1) is 22.3. The number of ether oxygens (including phenoxy) is 3. The highest BCUT2D eigenvalue weighted by Gasteiger charge is 2.31. The fraction of sp³-hybridized carbons (Fsp3) is 0.458. The number of hydrogen-bond donors (Lipinski definition) is 1. The molecule has 0 bridgehead atoms. The molecular weight excluding hydrogens is 438 g/mol.